The summed E-state index contributed by atoms with van der Waals surface area (Å²) in [5.41, 5.74) is 0.496. The molecule has 0 aliphatic carbocycles. The van der Waals surface area contributed by atoms with Crippen molar-refractivity contribution in [2.75, 3.05) is 13.2 Å². The molecule has 0 saturated carbocycles. The molecule has 1 aromatic rings. The molecule has 0 saturated heterocycles. The second-order valence-corrected chi connectivity index (χ2v) is 3.30. The van der Waals surface area contributed by atoms with Crippen LogP contribution in [-0.2, 0) is 9.53 Å². The predicted octanol–water partition coefficient (Wildman–Crippen LogP) is 1.35. The Labute approximate surface area is 99.5 Å². The van der Waals surface area contributed by atoms with Crippen LogP contribution in [0.15, 0.2) is 42.5 Å². The smallest absolute Gasteiger partial charge is 0.314 e. The molecular formula is C13H14O4. The number of esters is 1. The molecule has 0 aliphatic rings. The first kappa shape index (κ1) is 13.1. The second kappa shape index (κ2) is 7.35. The minimum atomic E-state index is -0.568. The average Bonchev–Trinajstić information content (AvgIpc) is 2.36. The zero-order chi connectivity index (χ0) is 12.5. The van der Waals surface area contributed by atoms with Crippen LogP contribution in [0.2, 0.25) is 0 Å². The summed E-state index contributed by atoms with van der Waals surface area (Å²) in [5, 5.41) is 8.44. The highest BCUT2D eigenvalue weighted by Crippen LogP contribution is 2.03. The van der Waals surface area contributed by atoms with Crippen molar-refractivity contribution >= 4 is 11.8 Å². The summed E-state index contributed by atoms with van der Waals surface area (Å²) in [5.74, 6) is -0.830. The number of hydrogen-bond acceptors (Lipinski definition) is 4. The molecule has 0 aliphatic heterocycles. The van der Waals surface area contributed by atoms with Gasteiger partial charge in [-0.15, -0.1) is 0 Å². The zero-order valence-electron chi connectivity index (χ0n) is 9.33. The molecule has 1 rings (SSSR count). The van der Waals surface area contributed by atoms with Crippen molar-refractivity contribution < 1.29 is 19.4 Å². The van der Waals surface area contributed by atoms with Crippen molar-refractivity contribution in [1.82, 2.24) is 0 Å². The van der Waals surface area contributed by atoms with Gasteiger partial charge in [0.2, 0.25) is 0 Å². The van der Waals surface area contributed by atoms with Gasteiger partial charge in [0.15, 0.2) is 5.78 Å². The van der Waals surface area contributed by atoms with Crippen molar-refractivity contribution in [1.29, 1.82) is 0 Å². The Morgan fingerprint density at radius 2 is 1.88 bits per heavy atom. The third-order valence-electron chi connectivity index (χ3n) is 2.01. The van der Waals surface area contributed by atoms with Crippen LogP contribution in [0, 0.1) is 0 Å². The molecule has 4 heteroatoms. The van der Waals surface area contributed by atoms with Crippen molar-refractivity contribution in [2.24, 2.45) is 0 Å². The van der Waals surface area contributed by atoms with Crippen LogP contribution in [0.5, 0.6) is 0 Å². The summed E-state index contributed by atoms with van der Waals surface area (Å²) in [4.78, 5) is 22.8. The Morgan fingerprint density at radius 1 is 1.18 bits per heavy atom. The number of aliphatic hydroxyl groups is 1. The van der Waals surface area contributed by atoms with Gasteiger partial charge in [0.25, 0.3) is 0 Å². The lowest BCUT2D eigenvalue weighted by Gasteiger charge is -2.01. The van der Waals surface area contributed by atoms with Gasteiger partial charge in [-0.05, 0) is 6.08 Å². The summed E-state index contributed by atoms with van der Waals surface area (Å²) in [6.07, 6.45) is 2.72. The fraction of sp³-hybridized carbons (Fsp3) is 0.231. The number of hydrogen-bond donors (Lipinski definition) is 1. The van der Waals surface area contributed by atoms with E-state index in [1.807, 2.05) is 0 Å². The molecule has 0 radical (unpaired) electrons. The van der Waals surface area contributed by atoms with E-state index >= 15 is 0 Å². The molecule has 0 unspecified atom stereocenters. The monoisotopic (exact) mass is 234 g/mol. The van der Waals surface area contributed by atoms with Crippen LogP contribution < -0.4 is 0 Å². The number of ether oxygens (including phenoxy) is 1. The van der Waals surface area contributed by atoms with Crippen LogP contribution in [0.3, 0.4) is 0 Å². The summed E-state index contributed by atoms with van der Waals surface area (Å²) in [7, 11) is 0. The van der Waals surface area contributed by atoms with Crippen LogP contribution >= 0.6 is 0 Å². The number of ketones is 1. The highest BCUT2D eigenvalue weighted by Gasteiger charge is 2.11. The average molecular weight is 234 g/mol. The topological polar surface area (TPSA) is 63.6 Å². The van der Waals surface area contributed by atoms with E-state index in [1.165, 1.54) is 12.2 Å². The maximum Gasteiger partial charge on any atom is 0.314 e. The van der Waals surface area contributed by atoms with Crippen LogP contribution in [0.1, 0.15) is 16.8 Å². The Hall–Kier alpha value is -1.94. The van der Waals surface area contributed by atoms with Crippen molar-refractivity contribution in [2.45, 2.75) is 6.42 Å². The van der Waals surface area contributed by atoms with Gasteiger partial charge >= 0.3 is 5.97 Å². The van der Waals surface area contributed by atoms with Gasteiger partial charge in [-0.3, -0.25) is 9.59 Å². The fourth-order valence-electron chi connectivity index (χ4n) is 1.19. The maximum atomic E-state index is 11.6. The van der Waals surface area contributed by atoms with Crippen molar-refractivity contribution in [3.8, 4) is 0 Å². The quantitative estimate of drug-likeness (QED) is 0.349. The van der Waals surface area contributed by atoms with Gasteiger partial charge in [-0.25, -0.2) is 0 Å². The summed E-state index contributed by atoms with van der Waals surface area (Å²) < 4.78 is 4.78. The Morgan fingerprint density at radius 3 is 2.53 bits per heavy atom. The Balaban J connectivity index is 2.36. The highest BCUT2D eigenvalue weighted by molar-refractivity contribution is 6.05. The third kappa shape index (κ3) is 5.08. The largest absolute Gasteiger partial charge is 0.461 e. The van der Waals surface area contributed by atoms with Crippen LogP contribution in [0.4, 0.5) is 0 Å². The van der Waals surface area contributed by atoms with E-state index in [4.69, 9.17) is 9.84 Å². The van der Waals surface area contributed by atoms with E-state index in [9.17, 15) is 9.59 Å². The molecule has 0 aromatic heterocycles. The van der Waals surface area contributed by atoms with Gasteiger partial charge in [-0.1, -0.05) is 36.4 Å². The lowest BCUT2D eigenvalue weighted by atomic mass is 10.1. The van der Waals surface area contributed by atoms with E-state index in [1.54, 1.807) is 30.3 Å². The van der Waals surface area contributed by atoms with E-state index in [0.29, 0.717) is 5.56 Å². The normalized spacial score (nSPS) is 10.4. The van der Waals surface area contributed by atoms with Gasteiger partial charge < -0.3 is 9.84 Å². The van der Waals surface area contributed by atoms with E-state index in [2.05, 4.69) is 0 Å². The molecule has 1 N–H and O–H groups in total. The minimum Gasteiger partial charge on any atom is -0.461 e. The van der Waals surface area contributed by atoms with Crippen molar-refractivity contribution in [3.05, 3.63) is 48.0 Å². The molecule has 0 atom stereocenters. The predicted molar refractivity (Wildman–Crippen MR) is 62.6 cm³/mol. The number of carbonyl (C=O) groups is 2. The van der Waals surface area contributed by atoms with E-state index < -0.39 is 5.97 Å². The standard InChI is InChI=1S/C13H14O4/c14-8-4-5-9-17-13(16)10-12(15)11-6-2-1-3-7-11/h1-7,14H,8-10H2/b5-4-. The second-order valence-electron chi connectivity index (χ2n) is 3.30. The molecule has 4 nitrogen and oxygen atoms in total. The van der Waals surface area contributed by atoms with Gasteiger partial charge in [0, 0.05) is 5.56 Å². The number of rotatable bonds is 6. The van der Waals surface area contributed by atoms with Gasteiger partial charge in [0.1, 0.15) is 13.0 Å². The minimum absolute atomic E-state index is 0.0709. The fourth-order valence-corrected chi connectivity index (χ4v) is 1.19. The Bertz CT molecular complexity index is 395. The molecule has 0 amide bonds. The van der Waals surface area contributed by atoms with Gasteiger partial charge in [0.05, 0.1) is 6.61 Å². The maximum absolute atomic E-state index is 11.6. The molecule has 1 aromatic carbocycles. The Kier molecular flexibility index (Phi) is 5.68. The summed E-state index contributed by atoms with van der Waals surface area (Å²) >= 11 is 0. The molecule has 0 spiro atoms. The summed E-state index contributed by atoms with van der Waals surface area (Å²) in [6.45, 7) is -0.0258. The summed E-state index contributed by atoms with van der Waals surface area (Å²) in [6, 6.07) is 8.59. The molecule has 0 heterocycles. The van der Waals surface area contributed by atoms with E-state index in [-0.39, 0.29) is 25.4 Å². The lowest BCUT2D eigenvalue weighted by Crippen LogP contribution is -2.11. The molecular weight excluding hydrogens is 220 g/mol. The first-order chi connectivity index (χ1) is 8.24. The SMILES string of the molecule is O=C(CC(=O)c1ccccc1)OC/C=C\CO. The molecule has 0 bridgehead atoms. The zero-order valence-corrected chi connectivity index (χ0v) is 9.33. The van der Waals surface area contributed by atoms with Crippen molar-refractivity contribution in [3.63, 3.8) is 0 Å². The van der Waals surface area contributed by atoms with Crippen LogP contribution in [-0.4, -0.2) is 30.1 Å². The number of Topliss-reactive ketones (excluding diaryl/α,β-unsaturated/α-hetero) is 1. The molecule has 0 fully saturated rings. The first-order valence-corrected chi connectivity index (χ1v) is 5.23. The number of carbonyl (C=O) groups excluding carboxylic acids is 2. The first-order valence-electron chi connectivity index (χ1n) is 5.23. The number of aliphatic hydroxyl groups excluding tert-OH is 1. The van der Waals surface area contributed by atoms with Gasteiger partial charge in [-0.2, -0.15) is 0 Å². The lowest BCUT2D eigenvalue weighted by molar-refractivity contribution is -0.141. The molecule has 90 valence electrons. The third-order valence-corrected chi connectivity index (χ3v) is 2.01. The van der Waals surface area contributed by atoms with E-state index in [0.717, 1.165) is 0 Å². The number of benzene rings is 1. The van der Waals surface area contributed by atoms with Crippen LogP contribution in [0.25, 0.3) is 0 Å². The highest BCUT2D eigenvalue weighted by atomic mass is 16.5. The molecule has 17 heavy (non-hydrogen) atoms.